The van der Waals surface area contributed by atoms with E-state index in [1.54, 1.807) is 12.3 Å². The van der Waals surface area contributed by atoms with Crippen LogP contribution in [0.15, 0.2) is 53.6 Å². The Balaban J connectivity index is 1.51. The Morgan fingerprint density at radius 3 is 2.73 bits per heavy atom. The van der Waals surface area contributed by atoms with Gasteiger partial charge >= 0.3 is 0 Å². The van der Waals surface area contributed by atoms with Crippen molar-refractivity contribution in [2.75, 3.05) is 5.32 Å². The zero-order chi connectivity index (χ0) is 20.7. The summed E-state index contributed by atoms with van der Waals surface area (Å²) in [7, 11) is 0. The molecule has 1 N–H and O–H groups in total. The number of fused-ring (bicyclic) bond motifs is 1. The van der Waals surface area contributed by atoms with E-state index < -0.39 is 0 Å². The Labute approximate surface area is 174 Å². The van der Waals surface area contributed by atoms with Crippen LogP contribution in [-0.4, -0.2) is 24.3 Å². The molecule has 4 aromatic rings. The lowest BCUT2D eigenvalue weighted by atomic mass is 10.1. The second kappa shape index (κ2) is 7.40. The van der Waals surface area contributed by atoms with Crippen LogP contribution in [0.5, 0.6) is 0 Å². The smallest absolute Gasteiger partial charge is 0.252 e. The van der Waals surface area contributed by atoms with Crippen molar-refractivity contribution in [2.45, 2.75) is 45.6 Å². The molecule has 0 amide bonds. The molecular weight excluding hydrogens is 376 g/mol. The number of benzene rings is 1. The maximum absolute atomic E-state index is 12.8. The molecule has 0 unspecified atom stereocenters. The number of rotatable bonds is 4. The standard InChI is InChI=1S/C23H24N6O/c1-15-6-5-9-18(12-15)28-11-10-20(27-28)25-23-24-14-19-16(2)13-21(30)29(22(19)26-23)17-7-3-4-8-17/h5-6,9-14,17H,3-4,7-8H2,1-2H3,(H,24,25,26,27). The van der Waals surface area contributed by atoms with Gasteiger partial charge in [-0.25, -0.2) is 9.67 Å². The van der Waals surface area contributed by atoms with E-state index in [2.05, 4.69) is 34.5 Å². The predicted octanol–water partition coefficient (Wildman–Crippen LogP) is 4.45. The first-order valence-corrected chi connectivity index (χ1v) is 10.4. The Morgan fingerprint density at radius 1 is 1.10 bits per heavy atom. The lowest BCUT2D eigenvalue weighted by Gasteiger charge is -2.17. The van der Waals surface area contributed by atoms with Crippen LogP contribution in [-0.2, 0) is 0 Å². The topological polar surface area (TPSA) is 77.6 Å². The third kappa shape index (κ3) is 3.36. The highest BCUT2D eigenvalue weighted by Gasteiger charge is 2.21. The summed E-state index contributed by atoms with van der Waals surface area (Å²) < 4.78 is 3.67. The Bertz CT molecular complexity index is 1280. The van der Waals surface area contributed by atoms with Crippen molar-refractivity contribution in [3.63, 3.8) is 0 Å². The summed E-state index contributed by atoms with van der Waals surface area (Å²) in [5.41, 5.74) is 3.78. The zero-order valence-corrected chi connectivity index (χ0v) is 17.2. The summed E-state index contributed by atoms with van der Waals surface area (Å²) in [6.07, 6.45) is 8.04. The van der Waals surface area contributed by atoms with Crippen molar-refractivity contribution in [1.82, 2.24) is 24.3 Å². The quantitative estimate of drug-likeness (QED) is 0.547. The molecule has 0 bridgehead atoms. The average Bonchev–Trinajstić information content (AvgIpc) is 3.40. The van der Waals surface area contributed by atoms with Crippen LogP contribution in [0.4, 0.5) is 11.8 Å². The van der Waals surface area contributed by atoms with Crippen molar-refractivity contribution in [1.29, 1.82) is 0 Å². The first kappa shape index (κ1) is 18.5. The summed E-state index contributed by atoms with van der Waals surface area (Å²) in [6.45, 7) is 3.99. The Morgan fingerprint density at radius 2 is 1.93 bits per heavy atom. The van der Waals surface area contributed by atoms with E-state index in [-0.39, 0.29) is 11.6 Å². The van der Waals surface area contributed by atoms with Gasteiger partial charge in [0.1, 0.15) is 5.65 Å². The molecule has 1 aromatic carbocycles. The van der Waals surface area contributed by atoms with Gasteiger partial charge in [0.25, 0.3) is 5.56 Å². The van der Waals surface area contributed by atoms with Gasteiger partial charge in [-0.3, -0.25) is 9.36 Å². The van der Waals surface area contributed by atoms with Crippen LogP contribution in [0.25, 0.3) is 16.7 Å². The number of hydrogen-bond donors (Lipinski definition) is 1. The van der Waals surface area contributed by atoms with Gasteiger partial charge in [-0.05, 0) is 49.9 Å². The summed E-state index contributed by atoms with van der Waals surface area (Å²) >= 11 is 0. The van der Waals surface area contributed by atoms with E-state index in [0.29, 0.717) is 17.4 Å². The highest BCUT2D eigenvalue weighted by Crippen LogP contribution is 2.31. The van der Waals surface area contributed by atoms with E-state index in [0.717, 1.165) is 42.3 Å². The molecule has 0 atom stereocenters. The highest BCUT2D eigenvalue weighted by atomic mass is 16.1. The maximum atomic E-state index is 12.8. The van der Waals surface area contributed by atoms with Gasteiger partial charge in [-0.1, -0.05) is 25.0 Å². The molecule has 7 nitrogen and oxygen atoms in total. The Hall–Kier alpha value is -3.48. The molecule has 152 valence electrons. The molecule has 0 saturated heterocycles. The van der Waals surface area contributed by atoms with Crippen molar-refractivity contribution < 1.29 is 0 Å². The van der Waals surface area contributed by atoms with Crippen molar-refractivity contribution >= 4 is 22.8 Å². The average molecular weight is 400 g/mol. The van der Waals surface area contributed by atoms with Crippen LogP contribution in [0.1, 0.15) is 42.9 Å². The fourth-order valence-electron chi connectivity index (χ4n) is 4.27. The van der Waals surface area contributed by atoms with E-state index in [9.17, 15) is 4.79 Å². The third-order valence-electron chi connectivity index (χ3n) is 5.78. The molecular formula is C23H24N6O. The normalized spacial score (nSPS) is 14.5. The van der Waals surface area contributed by atoms with Crippen LogP contribution in [0.2, 0.25) is 0 Å². The van der Waals surface area contributed by atoms with Crippen molar-refractivity contribution in [3.05, 3.63) is 70.3 Å². The molecule has 5 rings (SSSR count). The number of anilines is 2. The minimum atomic E-state index is 0.0141. The fourth-order valence-corrected chi connectivity index (χ4v) is 4.27. The van der Waals surface area contributed by atoms with Gasteiger partial charge < -0.3 is 5.32 Å². The molecule has 1 fully saturated rings. The largest absolute Gasteiger partial charge is 0.307 e. The van der Waals surface area contributed by atoms with Crippen LogP contribution in [0.3, 0.4) is 0 Å². The summed E-state index contributed by atoms with van der Waals surface area (Å²) in [6, 6.07) is 11.9. The second-order valence-corrected chi connectivity index (χ2v) is 8.01. The molecule has 0 radical (unpaired) electrons. The molecule has 30 heavy (non-hydrogen) atoms. The van der Waals surface area contributed by atoms with Gasteiger partial charge in [0.05, 0.1) is 5.69 Å². The summed E-state index contributed by atoms with van der Waals surface area (Å²) in [5, 5.41) is 8.69. The SMILES string of the molecule is Cc1cccc(-n2ccc(Nc3ncc4c(C)cc(=O)n(C5CCCC5)c4n3)n2)c1. The monoisotopic (exact) mass is 400 g/mol. The molecule has 3 aromatic heterocycles. The van der Waals surface area contributed by atoms with E-state index >= 15 is 0 Å². The molecule has 0 spiro atoms. The lowest BCUT2D eigenvalue weighted by Crippen LogP contribution is -2.24. The molecule has 1 aliphatic rings. The molecule has 1 aliphatic carbocycles. The van der Waals surface area contributed by atoms with E-state index in [1.807, 2.05) is 40.6 Å². The minimum absolute atomic E-state index is 0.0141. The molecule has 0 aliphatic heterocycles. The van der Waals surface area contributed by atoms with Crippen LogP contribution >= 0.6 is 0 Å². The van der Waals surface area contributed by atoms with Crippen LogP contribution < -0.4 is 10.9 Å². The minimum Gasteiger partial charge on any atom is -0.307 e. The molecule has 1 saturated carbocycles. The number of nitrogens with one attached hydrogen (secondary N) is 1. The van der Waals surface area contributed by atoms with Crippen molar-refractivity contribution in [2.24, 2.45) is 0 Å². The van der Waals surface area contributed by atoms with Gasteiger partial charge in [0.2, 0.25) is 5.95 Å². The highest BCUT2D eigenvalue weighted by molar-refractivity contribution is 5.79. The summed E-state index contributed by atoms with van der Waals surface area (Å²) in [5.74, 6) is 1.09. The predicted molar refractivity (Wildman–Crippen MR) is 118 cm³/mol. The van der Waals surface area contributed by atoms with E-state index in [4.69, 9.17) is 4.98 Å². The van der Waals surface area contributed by atoms with Gasteiger partial charge in [-0.15, -0.1) is 0 Å². The van der Waals surface area contributed by atoms with Crippen LogP contribution in [0, 0.1) is 13.8 Å². The second-order valence-electron chi connectivity index (χ2n) is 8.01. The molecule has 3 heterocycles. The fraction of sp³-hybridized carbons (Fsp3) is 0.304. The third-order valence-corrected chi connectivity index (χ3v) is 5.78. The number of nitrogens with zero attached hydrogens (tertiary/aromatic N) is 5. The molecule has 7 heteroatoms. The number of aryl methyl sites for hydroxylation is 2. The van der Waals surface area contributed by atoms with E-state index in [1.165, 1.54) is 5.56 Å². The van der Waals surface area contributed by atoms with Gasteiger partial charge in [-0.2, -0.15) is 10.1 Å². The lowest BCUT2D eigenvalue weighted by molar-refractivity contribution is 0.515. The van der Waals surface area contributed by atoms with Gasteiger partial charge in [0.15, 0.2) is 5.82 Å². The number of aromatic nitrogens is 5. The van der Waals surface area contributed by atoms with Crippen molar-refractivity contribution in [3.8, 4) is 5.69 Å². The Kier molecular flexibility index (Phi) is 4.58. The number of pyridine rings is 1. The summed E-state index contributed by atoms with van der Waals surface area (Å²) in [4.78, 5) is 22.0. The first-order chi connectivity index (χ1) is 14.6. The van der Waals surface area contributed by atoms with Gasteiger partial charge in [0, 0.05) is 36.0 Å². The number of hydrogen-bond acceptors (Lipinski definition) is 5. The zero-order valence-electron chi connectivity index (χ0n) is 17.2. The first-order valence-electron chi connectivity index (χ1n) is 10.4. The maximum Gasteiger partial charge on any atom is 0.252 e.